The lowest BCUT2D eigenvalue weighted by atomic mass is 10.2. The maximum Gasteiger partial charge on any atom is 0.247 e. The molecule has 1 aliphatic rings. The average molecular weight is 363 g/mol. The van der Waals surface area contributed by atoms with Gasteiger partial charge in [-0.05, 0) is 32.0 Å². The van der Waals surface area contributed by atoms with Gasteiger partial charge in [-0.1, -0.05) is 15.9 Å². The van der Waals surface area contributed by atoms with E-state index in [0.29, 0.717) is 23.3 Å². The minimum Gasteiger partial charge on any atom is -0.495 e. The molecule has 1 N–H and O–H groups in total. The van der Waals surface area contributed by atoms with Crippen molar-refractivity contribution in [3.63, 3.8) is 0 Å². The molecule has 5 nitrogen and oxygen atoms in total. The first-order valence-electron chi connectivity index (χ1n) is 6.45. The van der Waals surface area contributed by atoms with Gasteiger partial charge in [-0.2, -0.15) is 4.31 Å². The minimum absolute atomic E-state index is 0.0834. The monoisotopic (exact) mass is 362 g/mol. The maximum absolute atomic E-state index is 12.9. The van der Waals surface area contributed by atoms with E-state index in [9.17, 15) is 8.42 Å². The molecule has 0 aromatic heterocycles. The highest BCUT2D eigenvalue weighted by molar-refractivity contribution is 9.10. The molecule has 0 saturated carbocycles. The number of sulfonamides is 1. The van der Waals surface area contributed by atoms with Crippen LogP contribution < -0.4 is 10.1 Å². The van der Waals surface area contributed by atoms with Crippen LogP contribution in [-0.4, -0.2) is 45.0 Å². The Bertz CT molecular complexity index is 591. The summed E-state index contributed by atoms with van der Waals surface area (Å²) in [7, 11) is -2.09. The van der Waals surface area contributed by atoms with Crippen LogP contribution in [0.1, 0.15) is 13.8 Å². The minimum atomic E-state index is -3.57. The van der Waals surface area contributed by atoms with E-state index < -0.39 is 10.0 Å². The number of methoxy groups -OCH3 is 1. The van der Waals surface area contributed by atoms with E-state index in [1.54, 1.807) is 22.5 Å². The van der Waals surface area contributed by atoms with Gasteiger partial charge in [0.05, 0.1) is 7.11 Å². The fraction of sp³-hybridized carbons (Fsp3) is 0.538. The van der Waals surface area contributed by atoms with Crippen LogP contribution in [0.4, 0.5) is 0 Å². The van der Waals surface area contributed by atoms with Crippen LogP contribution in [0.2, 0.25) is 0 Å². The number of rotatable bonds is 3. The summed E-state index contributed by atoms with van der Waals surface area (Å²) < 4.78 is 33.2. The van der Waals surface area contributed by atoms with Crippen LogP contribution in [0.25, 0.3) is 0 Å². The summed E-state index contributed by atoms with van der Waals surface area (Å²) in [4.78, 5) is 0.204. The fourth-order valence-electron chi connectivity index (χ4n) is 2.30. The van der Waals surface area contributed by atoms with Gasteiger partial charge in [0.25, 0.3) is 0 Å². The Morgan fingerprint density at radius 2 is 2.10 bits per heavy atom. The number of nitrogens with one attached hydrogen (secondary N) is 1. The smallest absolute Gasteiger partial charge is 0.247 e. The molecule has 1 aromatic rings. The van der Waals surface area contributed by atoms with E-state index in [1.807, 2.05) is 13.8 Å². The van der Waals surface area contributed by atoms with Crippen molar-refractivity contribution in [3.8, 4) is 5.75 Å². The predicted molar refractivity (Wildman–Crippen MR) is 81.5 cm³/mol. The van der Waals surface area contributed by atoms with Crippen molar-refractivity contribution in [2.24, 2.45) is 0 Å². The van der Waals surface area contributed by atoms with Crippen molar-refractivity contribution < 1.29 is 13.2 Å². The SMILES string of the molecule is COc1ccc(Br)cc1S(=O)(=O)N1CC(C)NCC1C. The molecule has 2 rings (SSSR count). The molecule has 112 valence electrons. The molecule has 1 fully saturated rings. The lowest BCUT2D eigenvalue weighted by molar-refractivity contribution is 0.244. The van der Waals surface area contributed by atoms with E-state index in [4.69, 9.17) is 4.74 Å². The Labute approximate surface area is 128 Å². The molecular formula is C13H19BrN2O3S. The first-order chi connectivity index (χ1) is 9.36. The largest absolute Gasteiger partial charge is 0.495 e. The Balaban J connectivity index is 2.46. The van der Waals surface area contributed by atoms with E-state index in [2.05, 4.69) is 21.2 Å². The first kappa shape index (κ1) is 15.8. The highest BCUT2D eigenvalue weighted by Gasteiger charge is 2.35. The van der Waals surface area contributed by atoms with E-state index >= 15 is 0 Å². The molecule has 0 spiro atoms. The van der Waals surface area contributed by atoms with Crippen molar-refractivity contribution in [3.05, 3.63) is 22.7 Å². The molecule has 2 atom stereocenters. The average Bonchev–Trinajstić information content (AvgIpc) is 2.41. The van der Waals surface area contributed by atoms with Crippen molar-refractivity contribution >= 4 is 26.0 Å². The predicted octanol–water partition coefficient (Wildman–Crippen LogP) is 1.83. The van der Waals surface area contributed by atoms with Gasteiger partial charge in [-0.3, -0.25) is 0 Å². The summed E-state index contributed by atoms with van der Waals surface area (Å²) in [5.41, 5.74) is 0. The number of ether oxygens (including phenoxy) is 1. The molecule has 1 saturated heterocycles. The van der Waals surface area contributed by atoms with Gasteiger partial charge >= 0.3 is 0 Å². The molecule has 20 heavy (non-hydrogen) atoms. The molecule has 1 aromatic carbocycles. The number of benzene rings is 1. The zero-order valence-electron chi connectivity index (χ0n) is 11.8. The van der Waals surface area contributed by atoms with Gasteiger partial charge in [-0.15, -0.1) is 0 Å². The number of halogens is 1. The lowest BCUT2D eigenvalue weighted by Crippen LogP contribution is -2.56. The Morgan fingerprint density at radius 3 is 2.75 bits per heavy atom. The van der Waals surface area contributed by atoms with Crippen LogP contribution in [0.3, 0.4) is 0 Å². The number of piperazine rings is 1. The van der Waals surface area contributed by atoms with E-state index in [0.717, 1.165) is 0 Å². The van der Waals surface area contributed by atoms with Crippen LogP contribution in [0, 0.1) is 0 Å². The summed E-state index contributed by atoms with van der Waals surface area (Å²) >= 11 is 3.32. The molecule has 0 aliphatic carbocycles. The zero-order chi connectivity index (χ0) is 14.9. The van der Waals surface area contributed by atoms with Gasteiger partial charge in [-0.25, -0.2) is 8.42 Å². The standard InChI is InChI=1S/C13H19BrN2O3S/c1-9-8-16(10(2)7-15-9)20(17,18)13-6-11(14)4-5-12(13)19-3/h4-6,9-10,15H,7-8H2,1-3H3. The second-order valence-electron chi connectivity index (χ2n) is 5.03. The molecular weight excluding hydrogens is 344 g/mol. The second kappa shape index (κ2) is 6.01. The first-order valence-corrected chi connectivity index (χ1v) is 8.68. The third-order valence-electron chi connectivity index (χ3n) is 3.42. The lowest BCUT2D eigenvalue weighted by Gasteiger charge is -2.36. The van der Waals surface area contributed by atoms with Gasteiger partial charge in [0, 0.05) is 29.6 Å². The number of hydrogen-bond acceptors (Lipinski definition) is 4. The van der Waals surface area contributed by atoms with Crippen LogP contribution in [0.5, 0.6) is 5.75 Å². The highest BCUT2D eigenvalue weighted by atomic mass is 79.9. The fourth-order valence-corrected chi connectivity index (χ4v) is 4.72. The second-order valence-corrected chi connectivity index (χ2v) is 7.80. The van der Waals surface area contributed by atoms with Gasteiger partial charge < -0.3 is 10.1 Å². The summed E-state index contributed by atoms with van der Waals surface area (Å²) in [6, 6.07) is 5.07. The van der Waals surface area contributed by atoms with Crippen LogP contribution in [-0.2, 0) is 10.0 Å². The Kier molecular flexibility index (Phi) is 4.73. The third-order valence-corrected chi connectivity index (χ3v) is 5.91. The quantitative estimate of drug-likeness (QED) is 0.890. The number of nitrogens with zero attached hydrogens (tertiary/aromatic N) is 1. The van der Waals surface area contributed by atoms with Crippen molar-refractivity contribution in [1.82, 2.24) is 9.62 Å². The van der Waals surface area contributed by atoms with Crippen molar-refractivity contribution in [2.75, 3.05) is 20.2 Å². The van der Waals surface area contributed by atoms with Crippen molar-refractivity contribution in [2.45, 2.75) is 30.8 Å². The molecule has 1 aliphatic heterocycles. The Hall–Kier alpha value is -0.630. The molecule has 7 heteroatoms. The van der Waals surface area contributed by atoms with E-state index in [1.165, 1.54) is 7.11 Å². The van der Waals surface area contributed by atoms with Gasteiger partial charge in [0.15, 0.2) is 0 Å². The molecule has 2 unspecified atom stereocenters. The van der Waals surface area contributed by atoms with Gasteiger partial charge in [0.1, 0.15) is 10.6 Å². The maximum atomic E-state index is 12.9. The normalized spacial score (nSPS) is 24.6. The summed E-state index contributed by atoms with van der Waals surface area (Å²) in [5, 5.41) is 3.28. The Morgan fingerprint density at radius 1 is 1.40 bits per heavy atom. The zero-order valence-corrected chi connectivity index (χ0v) is 14.2. The third kappa shape index (κ3) is 3.00. The van der Waals surface area contributed by atoms with E-state index in [-0.39, 0.29) is 17.0 Å². The topological polar surface area (TPSA) is 58.6 Å². The summed E-state index contributed by atoms with van der Waals surface area (Å²) in [6.45, 7) is 4.99. The van der Waals surface area contributed by atoms with Crippen LogP contribution in [0.15, 0.2) is 27.6 Å². The molecule has 1 heterocycles. The van der Waals surface area contributed by atoms with Crippen molar-refractivity contribution in [1.29, 1.82) is 0 Å². The summed E-state index contributed by atoms with van der Waals surface area (Å²) in [6.07, 6.45) is 0. The molecule has 0 radical (unpaired) electrons. The molecule has 0 amide bonds. The molecule has 0 bridgehead atoms. The number of hydrogen-bond donors (Lipinski definition) is 1. The van der Waals surface area contributed by atoms with Gasteiger partial charge in [0.2, 0.25) is 10.0 Å². The summed E-state index contributed by atoms with van der Waals surface area (Å²) in [5.74, 6) is 0.367. The van der Waals surface area contributed by atoms with Crippen LogP contribution >= 0.6 is 15.9 Å². The highest BCUT2D eigenvalue weighted by Crippen LogP contribution is 2.31.